The fourth-order valence-electron chi connectivity index (χ4n) is 4.27. The van der Waals surface area contributed by atoms with Crippen molar-refractivity contribution in [3.05, 3.63) is 89.9 Å². The molecule has 0 saturated carbocycles. The number of anilines is 3. The number of benzene rings is 2. The molecule has 5 rings (SSSR count). The SMILES string of the molecule is CC1(C)CNCc2cc(NC(=O)c3cccnc3Nc3ccc4cnccc4c3)ccc21. The summed E-state index contributed by atoms with van der Waals surface area (Å²) in [6.07, 6.45) is 5.27. The number of hydrogen-bond acceptors (Lipinski definition) is 5. The smallest absolute Gasteiger partial charge is 0.259 e. The molecule has 1 aliphatic rings. The van der Waals surface area contributed by atoms with Crippen LogP contribution in [-0.4, -0.2) is 22.4 Å². The minimum absolute atomic E-state index is 0.0759. The monoisotopic (exact) mass is 423 g/mol. The summed E-state index contributed by atoms with van der Waals surface area (Å²) in [5, 5.41) is 11.9. The Balaban J connectivity index is 1.39. The molecule has 0 saturated heterocycles. The molecule has 6 nitrogen and oxygen atoms in total. The number of amides is 1. The zero-order chi connectivity index (χ0) is 22.1. The Morgan fingerprint density at radius 3 is 2.78 bits per heavy atom. The molecule has 0 fully saturated rings. The van der Waals surface area contributed by atoms with E-state index in [0.29, 0.717) is 11.4 Å². The summed E-state index contributed by atoms with van der Waals surface area (Å²) in [5.41, 5.74) is 4.74. The second-order valence-corrected chi connectivity index (χ2v) is 8.78. The van der Waals surface area contributed by atoms with E-state index in [9.17, 15) is 4.79 Å². The summed E-state index contributed by atoms with van der Waals surface area (Å²) < 4.78 is 0. The number of pyridine rings is 2. The summed E-state index contributed by atoms with van der Waals surface area (Å²) in [4.78, 5) is 21.7. The van der Waals surface area contributed by atoms with Crippen molar-refractivity contribution in [2.24, 2.45) is 0 Å². The quantitative estimate of drug-likeness (QED) is 0.430. The summed E-state index contributed by atoms with van der Waals surface area (Å²) in [6.45, 7) is 6.21. The third-order valence-electron chi connectivity index (χ3n) is 5.93. The number of carbonyl (C=O) groups excluding carboxylic acids is 1. The van der Waals surface area contributed by atoms with Gasteiger partial charge in [-0.15, -0.1) is 0 Å². The number of rotatable bonds is 4. The number of nitrogens with one attached hydrogen (secondary N) is 3. The lowest BCUT2D eigenvalue weighted by Gasteiger charge is -2.33. The molecule has 32 heavy (non-hydrogen) atoms. The number of hydrogen-bond donors (Lipinski definition) is 3. The first-order valence-corrected chi connectivity index (χ1v) is 10.7. The Hall–Kier alpha value is -3.77. The first-order valence-electron chi connectivity index (χ1n) is 10.7. The molecule has 0 radical (unpaired) electrons. The van der Waals surface area contributed by atoms with Crippen molar-refractivity contribution in [2.75, 3.05) is 17.2 Å². The fraction of sp³-hybridized carbons (Fsp3) is 0.192. The van der Waals surface area contributed by atoms with E-state index in [2.05, 4.69) is 51.9 Å². The van der Waals surface area contributed by atoms with Crippen LogP contribution in [0.2, 0.25) is 0 Å². The highest BCUT2D eigenvalue weighted by Crippen LogP contribution is 2.31. The standard InChI is InChI=1S/C26H25N5O/c1-26(2)16-28-15-19-13-21(7-8-23(19)26)31-25(32)22-4-3-10-29-24(22)30-20-6-5-18-14-27-11-9-17(18)12-20/h3-14,28H,15-16H2,1-2H3,(H,29,30)(H,31,32). The highest BCUT2D eigenvalue weighted by molar-refractivity contribution is 6.08. The summed E-state index contributed by atoms with van der Waals surface area (Å²) in [5.74, 6) is 0.313. The van der Waals surface area contributed by atoms with Gasteiger partial charge in [-0.2, -0.15) is 0 Å². The van der Waals surface area contributed by atoms with Gasteiger partial charge in [0.15, 0.2) is 0 Å². The Kier molecular flexibility index (Phi) is 5.07. The molecule has 0 bridgehead atoms. The molecule has 3 N–H and O–H groups in total. The van der Waals surface area contributed by atoms with E-state index in [4.69, 9.17) is 0 Å². The average Bonchev–Trinajstić information content (AvgIpc) is 2.79. The van der Waals surface area contributed by atoms with Gasteiger partial charge in [-0.25, -0.2) is 4.98 Å². The van der Waals surface area contributed by atoms with E-state index in [1.54, 1.807) is 24.5 Å². The van der Waals surface area contributed by atoms with Crippen LogP contribution in [0.4, 0.5) is 17.2 Å². The Labute approximate surface area is 187 Å². The second kappa shape index (κ2) is 8.05. The Morgan fingerprint density at radius 2 is 1.88 bits per heavy atom. The molecule has 6 heteroatoms. The normalized spacial score (nSPS) is 14.6. The van der Waals surface area contributed by atoms with Crippen LogP contribution in [-0.2, 0) is 12.0 Å². The molecule has 1 amide bonds. The average molecular weight is 424 g/mol. The highest BCUT2D eigenvalue weighted by Gasteiger charge is 2.27. The molecular formula is C26H25N5O. The van der Waals surface area contributed by atoms with Crippen LogP contribution in [0.3, 0.4) is 0 Å². The van der Waals surface area contributed by atoms with Crippen molar-refractivity contribution in [1.82, 2.24) is 15.3 Å². The van der Waals surface area contributed by atoms with Gasteiger partial charge in [0.2, 0.25) is 0 Å². The van der Waals surface area contributed by atoms with Crippen molar-refractivity contribution >= 4 is 33.9 Å². The minimum atomic E-state index is -0.200. The number of nitrogens with zero attached hydrogens (tertiary/aromatic N) is 2. The first-order chi connectivity index (χ1) is 15.5. The maximum absolute atomic E-state index is 13.1. The fourth-order valence-corrected chi connectivity index (χ4v) is 4.27. The molecular weight excluding hydrogens is 398 g/mol. The highest BCUT2D eigenvalue weighted by atomic mass is 16.1. The van der Waals surface area contributed by atoms with Crippen molar-refractivity contribution in [1.29, 1.82) is 0 Å². The lowest BCUT2D eigenvalue weighted by Crippen LogP contribution is -2.38. The van der Waals surface area contributed by atoms with Gasteiger partial charge >= 0.3 is 0 Å². The minimum Gasteiger partial charge on any atom is -0.340 e. The van der Waals surface area contributed by atoms with Gasteiger partial charge in [0.25, 0.3) is 5.91 Å². The predicted octanol–water partition coefficient (Wildman–Crippen LogP) is 5.01. The van der Waals surface area contributed by atoms with Crippen molar-refractivity contribution in [3.63, 3.8) is 0 Å². The van der Waals surface area contributed by atoms with Crippen LogP contribution in [0.15, 0.2) is 73.2 Å². The van der Waals surface area contributed by atoms with Gasteiger partial charge in [-0.1, -0.05) is 26.0 Å². The van der Waals surface area contributed by atoms with Gasteiger partial charge < -0.3 is 16.0 Å². The number of aromatic nitrogens is 2. The van der Waals surface area contributed by atoms with Gasteiger partial charge in [-0.05, 0) is 59.0 Å². The van der Waals surface area contributed by atoms with Gasteiger partial charge in [0.1, 0.15) is 5.82 Å². The summed E-state index contributed by atoms with van der Waals surface area (Å²) >= 11 is 0. The van der Waals surface area contributed by atoms with E-state index in [1.807, 2.05) is 36.5 Å². The predicted molar refractivity (Wildman–Crippen MR) is 128 cm³/mol. The third kappa shape index (κ3) is 3.92. The van der Waals surface area contributed by atoms with Crippen molar-refractivity contribution in [3.8, 4) is 0 Å². The molecule has 2 aromatic carbocycles. The third-order valence-corrected chi connectivity index (χ3v) is 5.93. The van der Waals surface area contributed by atoms with Crippen molar-refractivity contribution < 1.29 is 4.79 Å². The van der Waals surface area contributed by atoms with Crippen LogP contribution in [0, 0.1) is 0 Å². The molecule has 0 unspecified atom stereocenters. The zero-order valence-electron chi connectivity index (χ0n) is 18.1. The molecule has 0 atom stereocenters. The largest absolute Gasteiger partial charge is 0.340 e. The van der Waals surface area contributed by atoms with E-state index >= 15 is 0 Å². The van der Waals surface area contributed by atoms with E-state index in [1.165, 1.54) is 11.1 Å². The zero-order valence-corrected chi connectivity index (χ0v) is 18.1. The summed E-state index contributed by atoms with van der Waals surface area (Å²) in [7, 11) is 0. The van der Waals surface area contributed by atoms with Gasteiger partial charge in [-0.3, -0.25) is 9.78 Å². The lowest BCUT2D eigenvalue weighted by atomic mass is 9.79. The van der Waals surface area contributed by atoms with Crippen LogP contribution in [0.1, 0.15) is 35.3 Å². The van der Waals surface area contributed by atoms with E-state index < -0.39 is 0 Å². The molecule has 1 aliphatic heterocycles. The second-order valence-electron chi connectivity index (χ2n) is 8.78. The molecule has 3 heterocycles. The molecule has 160 valence electrons. The van der Waals surface area contributed by atoms with Gasteiger partial charge in [0.05, 0.1) is 5.56 Å². The summed E-state index contributed by atoms with van der Waals surface area (Å²) in [6, 6.07) is 17.6. The number of carbonyl (C=O) groups is 1. The topological polar surface area (TPSA) is 78.9 Å². The van der Waals surface area contributed by atoms with Crippen molar-refractivity contribution in [2.45, 2.75) is 25.8 Å². The van der Waals surface area contributed by atoms with E-state index in [-0.39, 0.29) is 11.3 Å². The van der Waals surface area contributed by atoms with E-state index in [0.717, 1.165) is 35.2 Å². The number of fused-ring (bicyclic) bond motifs is 2. The lowest BCUT2D eigenvalue weighted by molar-refractivity contribution is 0.102. The Morgan fingerprint density at radius 1 is 1.00 bits per heavy atom. The van der Waals surface area contributed by atoms with Crippen LogP contribution >= 0.6 is 0 Å². The van der Waals surface area contributed by atoms with Gasteiger partial charge in [0, 0.05) is 53.9 Å². The van der Waals surface area contributed by atoms with Crippen LogP contribution in [0.5, 0.6) is 0 Å². The molecule has 0 spiro atoms. The molecule has 0 aliphatic carbocycles. The van der Waals surface area contributed by atoms with Crippen LogP contribution in [0.25, 0.3) is 10.8 Å². The first kappa shape index (κ1) is 20.2. The maximum Gasteiger partial charge on any atom is 0.259 e. The molecule has 4 aromatic rings. The van der Waals surface area contributed by atoms with Crippen LogP contribution < -0.4 is 16.0 Å². The maximum atomic E-state index is 13.1. The Bertz CT molecular complexity index is 1310. The molecule has 2 aromatic heterocycles.